The number of rotatable bonds is 19. The van der Waals surface area contributed by atoms with E-state index in [0.717, 1.165) is 45.2 Å². The molecule has 0 bridgehead atoms. The van der Waals surface area contributed by atoms with Crippen LogP contribution < -0.4 is 38.5 Å². The number of hydrogen-bond donors (Lipinski definition) is 7. The van der Waals surface area contributed by atoms with Crippen LogP contribution in [0.1, 0.15) is 57.8 Å². The molecule has 0 aliphatic carbocycles. The number of amides is 3. The molecule has 0 aliphatic rings. The van der Waals surface area contributed by atoms with E-state index in [0.29, 0.717) is 32.2 Å². The fourth-order valence-electron chi connectivity index (χ4n) is 3.05. The fraction of sp³-hybridized carbons (Fsp3) is 0.850. The molecular weight excluding hydrogens is 386 g/mol. The summed E-state index contributed by atoms with van der Waals surface area (Å²) in [6.45, 7) is 2.19. The molecular formula is C20H43N7O3. The van der Waals surface area contributed by atoms with Crippen molar-refractivity contribution in [3.8, 4) is 0 Å². The lowest BCUT2D eigenvalue weighted by Crippen LogP contribution is -2.55. The first-order valence-electron chi connectivity index (χ1n) is 11.0. The maximum absolute atomic E-state index is 12.8. The van der Waals surface area contributed by atoms with Gasteiger partial charge in [-0.15, -0.1) is 0 Å². The van der Waals surface area contributed by atoms with Crippen LogP contribution in [0.4, 0.5) is 0 Å². The summed E-state index contributed by atoms with van der Waals surface area (Å²) in [6.07, 6.45) is 6.20. The van der Waals surface area contributed by atoms with Gasteiger partial charge in [0.15, 0.2) is 0 Å². The van der Waals surface area contributed by atoms with E-state index < -0.39 is 29.9 Å². The lowest BCUT2D eigenvalue weighted by Gasteiger charge is -2.23. The first-order valence-corrected chi connectivity index (χ1v) is 11.0. The minimum Gasteiger partial charge on any atom is -0.368 e. The predicted molar refractivity (Wildman–Crippen MR) is 119 cm³/mol. The molecule has 0 radical (unpaired) electrons. The number of unbranched alkanes of at least 4 members (excludes halogenated alkanes) is 3. The Balaban J connectivity index is 4.87. The van der Waals surface area contributed by atoms with Gasteiger partial charge in [0.1, 0.15) is 12.1 Å². The highest BCUT2D eigenvalue weighted by Crippen LogP contribution is 2.06. The summed E-state index contributed by atoms with van der Waals surface area (Å²) in [6, 6.07) is -2.21. The highest BCUT2D eigenvalue weighted by Gasteiger charge is 2.26. The van der Waals surface area contributed by atoms with Gasteiger partial charge in [0.25, 0.3) is 0 Å². The summed E-state index contributed by atoms with van der Waals surface area (Å²) in [5.74, 6) is -1.36. The zero-order chi connectivity index (χ0) is 22.8. The van der Waals surface area contributed by atoms with Gasteiger partial charge < -0.3 is 38.5 Å². The molecule has 0 aromatic rings. The van der Waals surface area contributed by atoms with Gasteiger partial charge in [0.2, 0.25) is 17.7 Å². The van der Waals surface area contributed by atoms with Crippen molar-refractivity contribution < 1.29 is 14.4 Å². The second kappa shape index (κ2) is 18.1. The summed E-state index contributed by atoms with van der Waals surface area (Å²) in [4.78, 5) is 37.0. The predicted octanol–water partition coefficient (Wildman–Crippen LogP) is -1.32. The summed E-state index contributed by atoms with van der Waals surface area (Å²) in [7, 11) is 3.73. The lowest BCUT2D eigenvalue weighted by atomic mass is 10.0. The molecule has 0 fully saturated rings. The topological polar surface area (TPSA) is 177 Å². The molecule has 0 rings (SSSR count). The van der Waals surface area contributed by atoms with Crippen molar-refractivity contribution in [3.05, 3.63) is 0 Å². The highest BCUT2D eigenvalue weighted by atomic mass is 16.2. The first kappa shape index (κ1) is 28.2. The van der Waals surface area contributed by atoms with Crippen molar-refractivity contribution in [1.29, 1.82) is 0 Å². The van der Waals surface area contributed by atoms with Gasteiger partial charge in [0, 0.05) is 0 Å². The quantitative estimate of drug-likeness (QED) is 0.124. The van der Waals surface area contributed by atoms with Crippen molar-refractivity contribution in [2.45, 2.75) is 75.9 Å². The summed E-state index contributed by atoms with van der Waals surface area (Å²) >= 11 is 0. The molecule has 0 aromatic carbocycles. The third kappa shape index (κ3) is 13.5. The maximum Gasteiger partial charge on any atom is 0.243 e. The van der Waals surface area contributed by atoms with Crippen LogP contribution >= 0.6 is 0 Å². The van der Waals surface area contributed by atoms with Crippen molar-refractivity contribution in [2.75, 3.05) is 33.7 Å². The van der Waals surface area contributed by atoms with Crippen LogP contribution in [0.3, 0.4) is 0 Å². The highest BCUT2D eigenvalue weighted by molar-refractivity contribution is 5.92. The van der Waals surface area contributed by atoms with Gasteiger partial charge in [-0.2, -0.15) is 0 Å². The molecule has 0 aliphatic heterocycles. The Morgan fingerprint density at radius 3 is 1.77 bits per heavy atom. The Bertz CT molecular complexity index is 491. The lowest BCUT2D eigenvalue weighted by molar-refractivity contribution is -0.132. The van der Waals surface area contributed by atoms with Crippen LogP contribution in [-0.2, 0) is 14.4 Å². The monoisotopic (exact) mass is 429 g/mol. The van der Waals surface area contributed by atoms with Gasteiger partial charge in [-0.3, -0.25) is 14.4 Å². The zero-order valence-corrected chi connectivity index (χ0v) is 18.7. The van der Waals surface area contributed by atoms with Crippen LogP contribution in [0.15, 0.2) is 0 Å². The number of hydrogen-bond acceptors (Lipinski definition) is 7. The molecule has 0 unspecified atom stereocenters. The van der Waals surface area contributed by atoms with Crippen molar-refractivity contribution >= 4 is 17.7 Å². The molecule has 0 heterocycles. The van der Waals surface area contributed by atoms with Gasteiger partial charge in [-0.25, -0.2) is 0 Å². The first-order chi connectivity index (χ1) is 14.4. The van der Waals surface area contributed by atoms with Gasteiger partial charge >= 0.3 is 0 Å². The van der Waals surface area contributed by atoms with Crippen LogP contribution in [0, 0.1) is 0 Å². The SMILES string of the molecule is CNCCCC[C@@H](N)C(=O)N[C@H](CCCCNC)C(=O)N[C@@H](CCCCN)C(N)=O. The largest absolute Gasteiger partial charge is 0.368 e. The normalized spacial score (nSPS) is 14.0. The molecule has 3 atom stereocenters. The second-order valence-corrected chi connectivity index (χ2v) is 7.61. The van der Waals surface area contributed by atoms with E-state index in [1.807, 2.05) is 14.1 Å². The fourth-order valence-corrected chi connectivity index (χ4v) is 3.05. The molecule has 10 N–H and O–H groups in total. The average Bonchev–Trinajstić information content (AvgIpc) is 2.72. The number of nitrogens with two attached hydrogens (primary N) is 3. The summed E-state index contributed by atoms with van der Waals surface area (Å²) in [5, 5.41) is 11.6. The molecule has 0 spiro atoms. The number of nitrogens with one attached hydrogen (secondary N) is 4. The van der Waals surface area contributed by atoms with Crippen LogP contribution in [-0.4, -0.2) is 69.6 Å². The Kier molecular flexibility index (Phi) is 17.0. The standard InChI is InChI=1S/C20H43N7O3/c1-24-13-7-4-9-15(22)19(29)27-17(11-5-8-14-25-2)20(30)26-16(18(23)28)10-3-6-12-21/h15-17,24-25H,3-14,21-22H2,1-2H3,(H2,23,28)(H,26,30)(H,27,29)/t15-,16+,17-/m1/s1. The molecule has 10 nitrogen and oxygen atoms in total. The smallest absolute Gasteiger partial charge is 0.243 e. The van der Waals surface area contributed by atoms with Gasteiger partial charge in [0.05, 0.1) is 6.04 Å². The Labute approximate surface area is 180 Å². The van der Waals surface area contributed by atoms with Crippen LogP contribution in [0.5, 0.6) is 0 Å². The van der Waals surface area contributed by atoms with Crippen molar-refractivity contribution in [1.82, 2.24) is 21.3 Å². The number of primary amides is 1. The van der Waals surface area contributed by atoms with E-state index in [2.05, 4.69) is 21.3 Å². The zero-order valence-electron chi connectivity index (χ0n) is 18.7. The molecule has 0 saturated carbocycles. The van der Waals surface area contributed by atoms with E-state index in [1.165, 1.54) is 0 Å². The number of carbonyl (C=O) groups excluding carboxylic acids is 3. The van der Waals surface area contributed by atoms with Crippen molar-refractivity contribution in [3.63, 3.8) is 0 Å². The Morgan fingerprint density at radius 1 is 0.733 bits per heavy atom. The Hall–Kier alpha value is -1.75. The van der Waals surface area contributed by atoms with E-state index >= 15 is 0 Å². The maximum atomic E-state index is 12.8. The number of carbonyl (C=O) groups is 3. The molecule has 0 saturated heterocycles. The molecule has 3 amide bonds. The van der Waals surface area contributed by atoms with E-state index in [4.69, 9.17) is 17.2 Å². The molecule has 10 heteroatoms. The minimum absolute atomic E-state index is 0.355. The van der Waals surface area contributed by atoms with Gasteiger partial charge in [-0.1, -0.05) is 6.42 Å². The molecule has 30 heavy (non-hydrogen) atoms. The minimum atomic E-state index is -0.782. The van der Waals surface area contributed by atoms with Gasteiger partial charge in [-0.05, 0) is 85.1 Å². The molecule has 176 valence electrons. The third-order valence-corrected chi connectivity index (χ3v) is 4.94. The Morgan fingerprint density at radius 2 is 1.23 bits per heavy atom. The molecule has 0 aromatic heterocycles. The van der Waals surface area contributed by atoms with Crippen LogP contribution in [0.2, 0.25) is 0 Å². The van der Waals surface area contributed by atoms with E-state index in [-0.39, 0.29) is 5.91 Å². The second-order valence-electron chi connectivity index (χ2n) is 7.61. The summed E-state index contributed by atoms with van der Waals surface area (Å²) in [5.41, 5.74) is 16.9. The average molecular weight is 430 g/mol. The summed E-state index contributed by atoms with van der Waals surface area (Å²) < 4.78 is 0. The van der Waals surface area contributed by atoms with Crippen molar-refractivity contribution in [2.24, 2.45) is 17.2 Å². The van der Waals surface area contributed by atoms with E-state index in [1.54, 1.807) is 0 Å². The third-order valence-electron chi connectivity index (χ3n) is 4.94. The van der Waals surface area contributed by atoms with E-state index in [9.17, 15) is 14.4 Å². The van der Waals surface area contributed by atoms with Crippen LogP contribution in [0.25, 0.3) is 0 Å².